The van der Waals surface area contributed by atoms with Gasteiger partial charge in [-0.3, -0.25) is 4.98 Å². The van der Waals surface area contributed by atoms with Crippen molar-refractivity contribution in [2.45, 2.75) is 12.8 Å². The van der Waals surface area contributed by atoms with E-state index in [2.05, 4.69) is 161 Å². The Hall–Kier alpha value is -5.93. The van der Waals surface area contributed by atoms with Gasteiger partial charge in [-0.25, -0.2) is 0 Å². The number of pyridine rings is 1. The second-order valence-corrected chi connectivity index (χ2v) is 12.0. The summed E-state index contributed by atoms with van der Waals surface area (Å²) in [4.78, 5) is 4.73. The van der Waals surface area contributed by atoms with E-state index < -0.39 is 0 Å². The number of benzene rings is 4. The normalized spacial score (nSPS) is 13.6. The van der Waals surface area contributed by atoms with Crippen LogP contribution in [0.2, 0.25) is 0 Å². The van der Waals surface area contributed by atoms with Crippen LogP contribution < -0.4 is 0 Å². The maximum Gasteiger partial charge on any atom is 0.0537 e. The minimum Gasteiger partial charge on any atom is -0.310 e. The van der Waals surface area contributed by atoms with E-state index in [0.29, 0.717) is 0 Å². The maximum atomic E-state index is 4.73. The molecule has 9 rings (SSSR count). The van der Waals surface area contributed by atoms with E-state index in [4.69, 9.17) is 4.98 Å². The fourth-order valence-corrected chi connectivity index (χ4v) is 7.22. The first-order valence-corrected chi connectivity index (χ1v) is 15.9. The first-order valence-electron chi connectivity index (χ1n) is 15.9. The molecule has 0 saturated carbocycles. The molecule has 3 nitrogen and oxygen atoms in total. The Labute approximate surface area is 268 Å². The number of hydrogen-bond acceptors (Lipinski definition) is 1. The van der Waals surface area contributed by atoms with Gasteiger partial charge < -0.3 is 9.13 Å². The zero-order valence-electron chi connectivity index (χ0n) is 25.3. The van der Waals surface area contributed by atoms with Crippen molar-refractivity contribution in [2.75, 3.05) is 0 Å². The van der Waals surface area contributed by atoms with E-state index in [1.54, 1.807) is 0 Å². The molecule has 0 spiro atoms. The molecule has 3 aromatic heterocycles. The fraction of sp³-hybridized carbons (Fsp3) is 0.0465. The minimum absolute atomic E-state index is 0.926. The van der Waals surface area contributed by atoms with E-state index in [-0.39, 0.29) is 0 Å². The van der Waals surface area contributed by atoms with Crippen LogP contribution in [-0.2, 0) is 12.8 Å². The zero-order chi connectivity index (χ0) is 30.5. The Bertz CT molecular complexity index is 2260. The Balaban J connectivity index is 1.13. The summed E-state index contributed by atoms with van der Waals surface area (Å²) in [5.41, 5.74) is 14.5. The number of nitrogens with zero attached hydrogens (tertiary/aromatic N) is 3. The molecule has 3 heterocycles. The van der Waals surface area contributed by atoms with Crippen molar-refractivity contribution in [3.05, 3.63) is 174 Å². The van der Waals surface area contributed by atoms with Crippen molar-refractivity contribution < 1.29 is 0 Å². The van der Waals surface area contributed by atoms with E-state index in [0.717, 1.165) is 46.5 Å². The van der Waals surface area contributed by atoms with Gasteiger partial charge in [0.15, 0.2) is 0 Å². The summed E-state index contributed by atoms with van der Waals surface area (Å²) in [5.74, 6) is 0. The van der Waals surface area contributed by atoms with Crippen LogP contribution in [0.5, 0.6) is 0 Å². The van der Waals surface area contributed by atoms with E-state index in [1.807, 2.05) is 12.4 Å². The first kappa shape index (κ1) is 26.5. The highest BCUT2D eigenvalue weighted by molar-refractivity contribution is 5.92. The molecule has 46 heavy (non-hydrogen) atoms. The minimum atomic E-state index is 0.926. The molecule has 7 aromatic rings. The predicted octanol–water partition coefficient (Wildman–Crippen LogP) is 10.6. The highest BCUT2D eigenvalue weighted by Gasteiger charge is 2.18. The quantitative estimate of drug-likeness (QED) is 0.200. The number of allylic oxidation sites excluding steroid dienone is 6. The summed E-state index contributed by atoms with van der Waals surface area (Å²) in [6, 6.07) is 37.4. The van der Waals surface area contributed by atoms with Gasteiger partial charge in [0.25, 0.3) is 0 Å². The van der Waals surface area contributed by atoms with Gasteiger partial charge in [-0.15, -0.1) is 0 Å². The largest absolute Gasteiger partial charge is 0.310 e. The molecule has 0 unspecified atom stereocenters. The molecule has 0 radical (unpaired) electrons. The number of rotatable bonds is 4. The smallest absolute Gasteiger partial charge is 0.0537 e. The lowest BCUT2D eigenvalue weighted by Crippen LogP contribution is -1.98. The second kappa shape index (κ2) is 10.9. The van der Waals surface area contributed by atoms with Gasteiger partial charge in [0, 0.05) is 45.7 Å². The van der Waals surface area contributed by atoms with Gasteiger partial charge in [-0.1, -0.05) is 97.1 Å². The predicted molar refractivity (Wildman–Crippen MR) is 193 cm³/mol. The van der Waals surface area contributed by atoms with Gasteiger partial charge in [0.2, 0.25) is 0 Å². The van der Waals surface area contributed by atoms with E-state index in [1.165, 1.54) is 44.3 Å². The summed E-state index contributed by atoms with van der Waals surface area (Å²) >= 11 is 0. The highest BCUT2D eigenvalue weighted by atomic mass is 15.0. The van der Waals surface area contributed by atoms with Crippen molar-refractivity contribution in [1.82, 2.24) is 14.1 Å². The van der Waals surface area contributed by atoms with Gasteiger partial charge >= 0.3 is 0 Å². The van der Waals surface area contributed by atoms with Crippen LogP contribution in [-0.4, -0.2) is 14.1 Å². The molecule has 0 N–H and O–H groups in total. The van der Waals surface area contributed by atoms with Crippen molar-refractivity contribution in [1.29, 1.82) is 0 Å². The molecule has 4 aromatic carbocycles. The summed E-state index contributed by atoms with van der Waals surface area (Å²) in [6.07, 6.45) is 23.3. The monoisotopic (exact) mass is 589 g/mol. The Morgan fingerprint density at radius 1 is 0.457 bits per heavy atom. The van der Waals surface area contributed by atoms with Crippen molar-refractivity contribution in [3.63, 3.8) is 0 Å². The molecule has 0 fully saturated rings. The molecular weight excluding hydrogens is 558 g/mol. The fourth-order valence-electron chi connectivity index (χ4n) is 7.22. The molecule has 2 aliphatic carbocycles. The molecule has 3 heteroatoms. The molecular formula is C43H31N3. The van der Waals surface area contributed by atoms with E-state index >= 15 is 0 Å². The highest BCUT2D eigenvalue weighted by Crippen LogP contribution is 2.36. The average Bonchev–Trinajstić information content (AvgIpc) is 3.31. The van der Waals surface area contributed by atoms with Gasteiger partial charge in [-0.05, 0) is 89.7 Å². The van der Waals surface area contributed by atoms with Crippen LogP contribution in [0.4, 0.5) is 0 Å². The summed E-state index contributed by atoms with van der Waals surface area (Å²) < 4.78 is 4.79. The molecule has 0 bridgehead atoms. The third-order valence-corrected chi connectivity index (χ3v) is 9.30. The lowest BCUT2D eigenvalue weighted by molar-refractivity contribution is 1.09. The average molecular weight is 590 g/mol. The van der Waals surface area contributed by atoms with Crippen LogP contribution in [0.1, 0.15) is 22.5 Å². The van der Waals surface area contributed by atoms with Crippen molar-refractivity contribution >= 4 is 34.0 Å². The Morgan fingerprint density at radius 2 is 0.957 bits per heavy atom. The van der Waals surface area contributed by atoms with Crippen LogP contribution in [0.15, 0.2) is 152 Å². The molecule has 2 aliphatic rings. The molecule has 218 valence electrons. The molecule has 0 aliphatic heterocycles. The third-order valence-electron chi connectivity index (χ3n) is 9.30. The molecule has 0 atom stereocenters. The Kier molecular flexibility index (Phi) is 6.27. The second-order valence-electron chi connectivity index (χ2n) is 12.0. The Morgan fingerprint density at radius 3 is 1.48 bits per heavy atom. The van der Waals surface area contributed by atoms with Crippen LogP contribution in [0.25, 0.3) is 67.6 Å². The first-order chi connectivity index (χ1) is 22.8. The van der Waals surface area contributed by atoms with Crippen LogP contribution in [0.3, 0.4) is 0 Å². The van der Waals surface area contributed by atoms with Gasteiger partial charge in [-0.2, -0.15) is 0 Å². The summed E-state index contributed by atoms with van der Waals surface area (Å²) in [6.45, 7) is 0. The van der Waals surface area contributed by atoms with E-state index in [9.17, 15) is 0 Å². The lowest BCUT2D eigenvalue weighted by atomic mass is 10.0. The number of fused-ring (bicyclic) bond motifs is 6. The summed E-state index contributed by atoms with van der Waals surface area (Å²) in [7, 11) is 0. The number of hydrogen-bond donors (Lipinski definition) is 0. The third kappa shape index (κ3) is 4.32. The maximum absolute atomic E-state index is 4.73. The zero-order valence-corrected chi connectivity index (χ0v) is 25.3. The van der Waals surface area contributed by atoms with Crippen molar-refractivity contribution in [3.8, 4) is 33.6 Å². The van der Waals surface area contributed by atoms with Crippen molar-refractivity contribution in [2.24, 2.45) is 0 Å². The standard InChI is InChI=1S/C43H31N3/c1-3-17-36-38-19-7-9-23-42(38)45(40(36)21-5-1)34-15-11-13-30(26-34)32-25-33(29-44-28-32)31-14-12-16-35(27-31)46-41-22-6-2-4-18-37(41)39-20-8-10-24-43(39)46/h1-16,19-29H,17-18H2. The summed E-state index contributed by atoms with van der Waals surface area (Å²) in [5, 5.41) is 2.61. The number of aromatic nitrogens is 3. The topological polar surface area (TPSA) is 22.8 Å². The van der Waals surface area contributed by atoms with Gasteiger partial charge in [0.1, 0.15) is 0 Å². The molecule has 0 amide bonds. The van der Waals surface area contributed by atoms with Crippen LogP contribution >= 0.6 is 0 Å². The van der Waals surface area contributed by atoms with Gasteiger partial charge in [0.05, 0.1) is 22.4 Å². The SMILES string of the molecule is C1=CCc2c(n(-c3cccc(-c4cncc(-c5cccc(-n6c7c(c8ccccc86)CC=CC=C7)c5)c4)c3)c3ccccc23)C=C1. The van der Waals surface area contributed by atoms with Crippen LogP contribution in [0, 0.1) is 0 Å². The number of para-hydroxylation sites is 2. The molecule has 0 saturated heterocycles. The lowest BCUT2D eigenvalue weighted by Gasteiger charge is -2.13.